The highest BCUT2D eigenvalue weighted by Crippen LogP contribution is 2.23. The number of fused-ring (bicyclic) bond motifs is 1. The molecular formula is C20H17ClN4O2S. The van der Waals surface area contributed by atoms with Crippen molar-refractivity contribution in [3.8, 4) is 11.4 Å². The molecule has 0 saturated heterocycles. The van der Waals surface area contributed by atoms with Crippen molar-refractivity contribution in [1.82, 2.24) is 19.2 Å². The third kappa shape index (κ3) is 3.76. The Morgan fingerprint density at radius 2 is 1.93 bits per heavy atom. The van der Waals surface area contributed by atoms with E-state index in [4.69, 9.17) is 16.3 Å². The lowest BCUT2D eigenvalue weighted by Gasteiger charge is -2.08. The van der Waals surface area contributed by atoms with Gasteiger partial charge in [0.25, 0.3) is 0 Å². The molecule has 0 unspecified atom stereocenters. The normalized spacial score (nSPS) is 11.1. The molecule has 0 radical (unpaired) electrons. The maximum Gasteiger partial charge on any atom is 0.300 e. The van der Waals surface area contributed by atoms with Crippen molar-refractivity contribution in [3.05, 3.63) is 81.9 Å². The van der Waals surface area contributed by atoms with Gasteiger partial charge in [-0.15, -0.1) is 10.2 Å². The van der Waals surface area contributed by atoms with E-state index in [1.807, 2.05) is 55.5 Å². The van der Waals surface area contributed by atoms with Crippen LogP contribution < -0.4 is 10.3 Å². The fraction of sp³-hybridized carbons (Fsp3) is 0.150. The molecule has 28 heavy (non-hydrogen) atoms. The van der Waals surface area contributed by atoms with Gasteiger partial charge >= 0.3 is 5.56 Å². The van der Waals surface area contributed by atoms with E-state index in [2.05, 4.69) is 10.2 Å². The Balaban J connectivity index is 1.61. The van der Waals surface area contributed by atoms with Gasteiger partial charge in [-0.25, -0.2) is 0 Å². The second-order valence-electron chi connectivity index (χ2n) is 5.99. The van der Waals surface area contributed by atoms with Crippen molar-refractivity contribution in [2.24, 2.45) is 0 Å². The quantitative estimate of drug-likeness (QED) is 0.443. The first-order valence-corrected chi connectivity index (χ1v) is 10.1. The minimum absolute atomic E-state index is 0.228. The van der Waals surface area contributed by atoms with E-state index in [1.165, 1.54) is 11.8 Å². The molecule has 4 aromatic rings. The minimum atomic E-state index is -0.228. The van der Waals surface area contributed by atoms with Gasteiger partial charge in [0.2, 0.25) is 5.65 Å². The van der Waals surface area contributed by atoms with Crippen LogP contribution in [0.15, 0.2) is 70.9 Å². The summed E-state index contributed by atoms with van der Waals surface area (Å²) in [5.74, 6) is 1.45. The Kier molecular flexibility index (Phi) is 5.36. The van der Waals surface area contributed by atoms with Crippen LogP contribution in [0.4, 0.5) is 0 Å². The molecule has 0 spiro atoms. The summed E-state index contributed by atoms with van der Waals surface area (Å²) in [6, 6.07) is 15.0. The van der Waals surface area contributed by atoms with Crippen molar-refractivity contribution in [1.29, 1.82) is 0 Å². The van der Waals surface area contributed by atoms with E-state index >= 15 is 0 Å². The van der Waals surface area contributed by atoms with Crippen LogP contribution >= 0.6 is 23.4 Å². The van der Waals surface area contributed by atoms with E-state index in [1.54, 1.807) is 21.4 Å². The predicted molar refractivity (Wildman–Crippen MR) is 111 cm³/mol. The Bertz CT molecular complexity index is 1170. The Morgan fingerprint density at radius 3 is 2.68 bits per heavy atom. The molecule has 0 saturated carbocycles. The number of hydrogen-bond donors (Lipinski definition) is 0. The van der Waals surface area contributed by atoms with Crippen molar-refractivity contribution >= 4 is 29.0 Å². The van der Waals surface area contributed by atoms with Crippen molar-refractivity contribution in [3.63, 3.8) is 0 Å². The van der Waals surface area contributed by atoms with Crippen molar-refractivity contribution in [2.45, 2.75) is 17.8 Å². The van der Waals surface area contributed by atoms with Gasteiger partial charge in [-0.05, 0) is 48.9 Å². The Morgan fingerprint density at radius 1 is 1.11 bits per heavy atom. The maximum atomic E-state index is 12.9. The van der Waals surface area contributed by atoms with E-state index in [-0.39, 0.29) is 11.2 Å². The maximum absolute atomic E-state index is 12.9. The monoisotopic (exact) mass is 412 g/mol. The van der Waals surface area contributed by atoms with Crippen LogP contribution in [0.1, 0.15) is 12.5 Å². The van der Waals surface area contributed by atoms with Crippen LogP contribution in [0.5, 0.6) is 5.75 Å². The van der Waals surface area contributed by atoms with Crippen molar-refractivity contribution < 1.29 is 4.74 Å². The number of nitrogens with zero attached hydrogens (tertiary/aromatic N) is 4. The summed E-state index contributed by atoms with van der Waals surface area (Å²) in [4.78, 5) is 12.9. The Labute approximate surface area is 170 Å². The molecule has 0 N–H and O–H groups in total. The summed E-state index contributed by atoms with van der Waals surface area (Å²) in [7, 11) is 0. The predicted octanol–water partition coefficient (Wildman–Crippen LogP) is 4.22. The van der Waals surface area contributed by atoms with Crippen molar-refractivity contribution in [2.75, 3.05) is 6.61 Å². The number of benzene rings is 2. The average Bonchev–Trinajstić information content (AvgIpc) is 3.12. The fourth-order valence-corrected chi connectivity index (χ4v) is 3.89. The van der Waals surface area contributed by atoms with Gasteiger partial charge in [-0.1, -0.05) is 35.5 Å². The number of halogens is 1. The summed E-state index contributed by atoms with van der Waals surface area (Å²) < 4.78 is 8.70. The van der Waals surface area contributed by atoms with Crippen LogP contribution in [0, 0.1) is 0 Å². The molecule has 0 aliphatic rings. The minimum Gasteiger partial charge on any atom is -0.494 e. The van der Waals surface area contributed by atoms with E-state index in [0.717, 1.165) is 17.0 Å². The average molecular weight is 413 g/mol. The largest absolute Gasteiger partial charge is 0.494 e. The SMILES string of the molecule is CCOc1ccc(-n2ccn3c(SCc4cccc(Cl)c4)nnc3c2=O)cc1. The van der Waals surface area contributed by atoms with Crippen LogP contribution in [-0.2, 0) is 5.75 Å². The number of aromatic nitrogens is 4. The van der Waals surface area contributed by atoms with Gasteiger partial charge in [0.1, 0.15) is 5.75 Å². The zero-order chi connectivity index (χ0) is 19.5. The van der Waals surface area contributed by atoms with Crippen LogP contribution in [0.2, 0.25) is 5.02 Å². The van der Waals surface area contributed by atoms with Gasteiger partial charge in [-0.2, -0.15) is 0 Å². The molecule has 0 aliphatic carbocycles. The highest BCUT2D eigenvalue weighted by atomic mass is 35.5. The first-order valence-electron chi connectivity index (χ1n) is 8.72. The van der Waals surface area contributed by atoms with Gasteiger partial charge in [-0.3, -0.25) is 13.8 Å². The van der Waals surface area contributed by atoms with E-state index in [9.17, 15) is 4.79 Å². The molecule has 0 amide bonds. The summed E-state index contributed by atoms with van der Waals surface area (Å²) in [5, 5.41) is 9.62. The highest BCUT2D eigenvalue weighted by Gasteiger charge is 2.12. The molecule has 0 atom stereocenters. The third-order valence-electron chi connectivity index (χ3n) is 4.12. The molecule has 0 bridgehead atoms. The topological polar surface area (TPSA) is 61.4 Å². The van der Waals surface area contributed by atoms with Gasteiger partial charge in [0.05, 0.1) is 6.61 Å². The van der Waals surface area contributed by atoms with Gasteiger partial charge in [0.15, 0.2) is 5.16 Å². The molecule has 2 aromatic carbocycles. The van der Waals surface area contributed by atoms with Crippen LogP contribution in [0.25, 0.3) is 11.3 Å². The second kappa shape index (κ2) is 8.08. The first kappa shape index (κ1) is 18.6. The molecule has 142 valence electrons. The molecule has 0 aliphatic heterocycles. The summed E-state index contributed by atoms with van der Waals surface area (Å²) in [5.41, 5.74) is 1.88. The molecular weight excluding hydrogens is 396 g/mol. The molecule has 2 heterocycles. The lowest BCUT2D eigenvalue weighted by molar-refractivity contribution is 0.340. The Hall–Kier alpha value is -2.77. The smallest absolute Gasteiger partial charge is 0.300 e. The van der Waals surface area contributed by atoms with E-state index < -0.39 is 0 Å². The third-order valence-corrected chi connectivity index (χ3v) is 5.37. The van der Waals surface area contributed by atoms with Gasteiger partial charge < -0.3 is 4.74 Å². The molecule has 2 aromatic heterocycles. The first-order chi connectivity index (χ1) is 13.7. The summed E-state index contributed by atoms with van der Waals surface area (Å²) >= 11 is 7.53. The van der Waals surface area contributed by atoms with Crippen LogP contribution in [0.3, 0.4) is 0 Å². The van der Waals surface area contributed by atoms with Gasteiger partial charge in [0, 0.05) is 28.9 Å². The van der Waals surface area contributed by atoms with Crippen LogP contribution in [-0.4, -0.2) is 25.8 Å². The fourth-order valence-electron chi connectivity index (χ4n) is 2.81. The molecule has 4 rings (SSSR count). The molecule has 8 heteroatoms. The lowest BCUT2D eigenvalue weighted by Crippen LogP contribution is -2.20. The molecule has 0 fully saturated rings. The van der Waals surface area contributed by atoms with E-state index in [0.29, 0.717) is 22.5 Å². The standard InChI is InChI=1S/C20H17ClN4O2S/c1-2-27-17-8-6-16(7-9-17)24-10-11-25-18(19(24)26)22-23-20(25)28-13-14-4-3-5-15(21)12-14/h3-12H,2,13H2,1H3. The zero-order valence-electron chi connectivity index (χ0n) is 15.1. The number of ether oxygens (including phenoxy) is 1. The number of hydrogen-bond acceptors (Lipinski definition) is 5. The highest BCUT2D eigenvalue weighted by molar-refractivity contribution is 7.98. The number of thioether (sulfide) groups is 1. The molecule has 6 nitrogen and oxygen atoms in total. The zero-order valence-corrected chi connectivity index (χ0v) is 16.7. The number of rotatable bonds is 6. The lowest BCUT2D eigenvalue weighted by atomic mass is 10.2. The summed E-state index contributed by atoms with van der Waals surface area (Å²) in [6.07, 6.45) is 3.52. The second-order valence-corrected chi connectivity index (χ2v) is 7.37. The summed E-state index contributed by atoms with van der Waals surface area (Å²) in [6.45, 7) is 2.53.